The van der Waals surface area contributed by atoms with Gasteiger partial charge >= 0.3 is 0 Å². The summed E-state index contributed by atoms with van der Waals surface area (Å²) in [4.78, 5) is 5.13. The smallest absolute Gasteiger partial charge is 0.251 e. The summed E-state index contributed by atoms with van der Waals surface area (Å²) in [5.74, 6) is 0.438. The van der Waals surface area contributed by atoms with Gasteiger partial charge in [-0.05, 0) is 77.0 Å². The highest BCUT2D eigenvalue weighted by Gasteiger charge is 2.44. The SMILES string of the molecule is C1=CC2=C(N3C4=C(C=CCC4)B4c5ccccc5N(c5cccc6ccccc56)c5cccc3c54)C=CCC2C=C1. The van der Waals surface area contributed by atoms with Crippen molar-refractivity contribution in [3.05, 3.63) is 156 Å². The molecule has 194 valence electrons. The Hall–Kier alpha value is -4.76. The fourth-order valence-corrected chi connectivity index (χ4v) is 7.72. The van der Waals surface area contributed by atoms with E-state index in [1.807, 2.05) is 0 Å². The van der Waals surface area contributed by atoms with Crippen LogP contribution in [0.4, 0.5) is 22.7 Å². The van der Waals surface area contributed by atoms with Crippen LogP contribution in [-0.4, -0.2) is 6.71 Å². The lowest BCUT2D eigenvalue weighted by Gasteiger charge is -2.46. The molecule has 0 N–H and O–H groups in total. The third-order valence-electron chi connectivity index (χ3n) is 9.42. The summed E-state index contributed by atoms with van der Waals surface area (Å²) in [6, 6.07) is 31.5. The van der Waals surface area contributed by atoms with E-state index in [-0.39, 0.29) is 6.71 Å². The van der Waals surface area contributed by atoms with Gasteiger partial charge in [-0.3, -0.25) is 0 Å². The van der Waals surface area contributed by atoms with Gasteiger partial charge in [-0.25, -0.2) is 0 Å². The molecule has 3 aliphatic carbocycles. The molecule has 4 aromatic rings. The Bertz CT molecular complexity index is 1950. The second-order valence-corrected chi connectivity index (χ2v) is 11.5. The van der Waals surface area contributed by atoms with Crippen molar-refractivity contribution in [3.63, 3.8) is 0 Å². The van der Waals surface area contributed by atoms with Gasteiger partial charge in [-0.2, -0.15) is 0 Å². The van der Waals surface area contributed by atoms with Crippen LogP contribution in [0, 0.1) is 5.92 Å². The number of rotatable bonds is 2. The third-order valence-corrected chi connectivity index (χ3v) is 9.42. The van der Waals surface area contributed by atoms with Crippen LogP contribution < -0.4 is 20.7 Å². The minimum atomic E-state index is 0.210. The van der Waals surface area contributed by atoms with E-state index < -0.39 is 0 Å². The largest absolute Gasteiger partial charge is 0.315 e. The maximum absolute atomic E-state index is 2.62. The van der Waals surface area contributed by atoms with Crippen LogP contribution in [0.3, 0.4) is 0 Å². The topological polar surface area (TPSA) is 6.48 Å². The second-order valence-electron chi connectivity index (χ2n) is 11.5. The quantitative estimate of drug-likeness (QED) is 0.244. The van der Waals surface area contributed by atoms with Crippen molar-refractivity contribution in [2.45, 2.75) is 19.3 Å². The van der Waals surface area contributed by atoms with E-state index in [1.54, 1.807) is 0 Å². The Balaban J connectivity index is 1.36. The summed E-state index contributed by atoms with van der Waals surface area (Å²) in [7, 11) is 0. The molecule has 3 heteroatoms. The van der Waals surface area contributed by atoms with E-state index in [9.17, 15) is 0 Å². The maximum atomic E-state index is 2.62. The average molecular weight is 524 g/mol. The van der Waals surface area contributed by atoms with E-state index >= 15 is 0 Å². The van der Waals surface area contributed by atoms with Crippen molar-refractivity contribution >= 4 is 51.2 Å². The van der Waals surface area contributed by atoms with Crippen LogP contribution in [0.5, 0.6) is 0 Å². The normalized spacial score (nSPS) is 19.9. The molecule has 0 fully saturated rings. The molecule has 0 saturated carbocycles. The molecular weight excluding hydrogens is 495 g/mol. The lowest BCUT2D eigenvalue weighted by Crippen LogP contribution is -2.56. The standard InChI is InChI=1S/C38H29BN2/c1-3-16-28-26(12-1)14-9-22-32(28)40-34-20-7-5-18-30(34)39-31-19-6-8-21-35(31)41(37-25-11-24-36(40)38(37)39)33-23-10-15-27-13-2-4-17-29(27)33/h1-7,9-14,16-20,22-25,27H,8,15,21H2. The number of anilines is 4. The summed E-state index contributed by atoms with van der Waals surface area (Å²) in [6.45, 7) is 0.210. The van der Waals surface area contributed by atoms with E-state index in [0.29, 0.717) is 5.92 Å². The average Bonchev–Trinajstić information content (AvgIpc) is 3.04. The molecule has 0 amide bonds. The summed E-state index contributed by atoms with van der Waals surface area (Å²) >= 11 is 0. The highest BCUT2D eigenvalue weighted by atomic mass is 15.2. The Morgan fingerprint density at radius 3 is 2.41 bits per heavy atom. The minimum absolute atomic E-state index is 0.210. The lowest BCUT2D eigenvalue weighted by atomic mass is 9.32. The number of nitrogens with zero attached hydrogens (tertiary/aromatic N) is 2. The third kappa shape index (κ3) is 3.26. The lowest BCUT2D eigenvalue weighted by molar-refractivity contribution is 0.755. The van der Waals surface area contributed by atoms with Gasteiger partial charge in [-0.1, -0.05) is 103 Å². The van der Waals surface area contributed by atoms with Crippen molar-refractivity contribution in [3.8, 4) is 0 Å². The molecule has 0 bridgehead atoms. The molecular formula is C38H29BN2. The number of fused-ring (bicyclic) bond motifs is 5. The highest BCUT2D eigenvalue weighted by Crippen LogP contribution is 2.47. The fourth-order valence-electron chi connectivity index (χ4n) is 7.72. The van der Waals surface area contributed by atoms with Crippen LogP contribution in [0.2, 0.25) is 0 Å². The summed E-state index contributed by atoms with van der Waals surface area (Å²) < 4.78 is 0. The van der Waals surface area contributed by atoms with Gasteiger partial charge in [0.1, 0.15) is 0 Å². The Labute approximate surface area is 241 Å². The van der Waals surface area contributed by atoms with E-state index in [1.165, 1.54) is 66.9 Å². The van der Waals surface area contributed by atoms with Crippen molar-refractivity contribution in [1.82, 2.24) is 0 Å². The molecule has 2 aliphatic heterocycles. The number of allylic oxidation sites excluding steroid dienone is 11. The van der Waals surface area contributed by atoms with E-state index in [2.05, 4.69) is 143 Å². The molecule has 1 atom stereocenters. The number of benzene rings is 4. The zero-order valence-electron chi connectivity index (χ0n) is 22.9. The minimum Gasteiger partial charge on any atom is -0.315 e. The van der Waals surface area contributed by atoms with Crippen LogP contribution in [0.15, 0.2) is 156 Å². The van der Waals surface area contributed by atoms with Gasteiger partial charge in [-0.15, -0.1) is 0 Å². The van der Waals surface area contributed by atoms with Crippen molar-refractivity contribution in [2.75, 3.05) is 9.80 Å². The summed E-state index contributed by atoms with van der Waals surface area (Å²) in [6.07, 6.45) is 21.8. The fraction of sp³-hybridized carbons (Fsp3) is 0.105. The van der Waals surface area contributed by atoms with Crippen LogP contribution in [0.25, 0.3) is 10.8 Å². The Morgan fingerprint density at radius 1 is 0.659 bits per heavy atom. The highest BCUT2D eigenvalue weighted by molar-refractivity contribution is 6.95. The van der Waals surface area contributed by atoms with Crippen molar-refractivity contribution in [2.24, 2.45) is 5.92 Å². The van der Waals surface area contributed by atoms with Crippen LogP contribution in [0.1, 0.15) is 19.3 Å². The maximum Gasteiger partial charge on any atom is 0.251 e. The number of hydrogen-bond acceptors (Lipinski definition) is 2. The van der Waals surface area contributed by atoms with Gasteiger partial charge in [0, 0.05) is 39.8 Å². The molecule has 1 unspecified atom stereocenters. The van der Waals surface area contributed by atoms with Crippen molar-refractivity contribution in [1.29, 1.82) is 0 Å². The molecule has 41 heavy (non-hydrogen) atoms. The predicted molar refractivity (Wildman–Crippen MR) is 174 cm³/mol. The Kier molecular flexibility index (Phi) is 4.98. The predicted octanol–water partition coefficient (Wildman–Crippen LogP) is 8.15. The first-order valence-corrected chi connectivity index (χ1v) is 14.8. The molecule has 5 aliphatic rings. The Morgan fingerprint density at radius 2 is 1.44 bits per heavy atom. The van der Waals surface area contributed by atoms with Gasteiger partial charge in [0.2, 0.25) is 0 Å². The molecule has 0 aromatic heterocycles. The monoisotopic (exact) mass is 524 g/mol. The first-order valence-electron chi connectivity index (χ1n) is 14.8. The zero-order valence-corrected chi connectivity index (χ0v) is 22.9. The zero-order chi connectivity index (χ0) is 26.9. The van der Waals surface area contributed by atoms with Gasteiger partial charge in [0.25, 0.3) is 6.71 Å². The molecule has 2 heterocycles. The molecule has 2 nitrogen and oxygen atoms in total. The first-order chi connectivity index (χ1) is 20.4. The molecule has 0 saturated heterocycles. The van der Waals surface area contributed by atoms with Gasteiger partial charge < -0.3 is 9.80 Å². The van der Waals surface area contributed by atoms with E-state index in [0.717, 1.165) is 19.3 Å². The molecule has 0 spiro atoms. The summed E-state index contributed by atoms with van der Waals surface area (Å²) in [5, 5.41) is 2.53. The van der Waals surface area contributed by atoms with Crippen molar-refractivity contribution < 1.29 is 0 Å². The summed E-state index contributed by atoms with van der Waals surface area (Å²) in [5.41, 5.74) is 13.5. The molecule has 9 rings (SSSR count). The van der Waals surface area contributed by atoms with Crippen LogP contribution >= 0.6 is 0 Å². The first kappa shape index (κ1) is 23.0. The molecule has 0 radical (unpaired) electrons. The van der Waals surface area contributed by atoms with E-state index in [4.69, 9.17) is 0 Å². The molecule has 4 aromatic carbocycles. The van der Waals surface area contributed by atoms with Crippen LogP contribution in [-0.2, 0) is 0 Å². The van der Waals surface area contributed by atoms with Gasteiger partial charge in [0.05, 0.1) is 5.69 Å². The second kappa shape index (κ2) is 8.87. The van der Waals surface area contributed by atoms with Gasteiger partial charge in [0.15, 0.2) is 0 Å². The number of para-hydroxylation sites is 1. The number of hydrogen-bond donors (Lipinski definition) is 0.